The van der Waals surface area contributed by atoms with Gasteiger partial charge in [0.05, 0.1) is 29.4 Å². The van der Waals surface area contributed by atoms with E-state index in [0.717, 1.165) is 17.4 Å². The Morgan fingerprint density at radius 2 is 1.97 bits per heavy atom. The average molecular weight is 485 g/mol. The number of thiazole rings is 1. The number of halogens is 4. The van der Waals surface area contributed by atoms with Gasteiger partial charge in [-0.3, -0.25) is 10.2 Å². The van der Waals surface area contributed by atoms with E-state index in [0.29, 0.717) is 49.3 Å². The van der Waals surface area contributed by atoms with Crippen LogP contribution in [0.4, 0.5) is 18.3 Å². The van der Waals surface area contributed by atoms with E-state index in [1.807, 2.05) is 10.3 Å². The van der Waals surface area contributed by atoms with Crippen molar-refractivity contribution in [3.8, 4) is 0 Å². The number of rotatable bonds is 5. The molecule has 2 N–H and O–H groups in total. The lowest BCUT2D eigenvalue weighted by Crippen LogP contribution is -2.42. The lowest BCUT2D eigenvalue weighted by atomic mass is 10.2. The van der Waals surface area contributed by atoms with E-state index in [9.17, 15) is 26.4 Å². The van der Waals surface area contributed by atoms with Crippen molar-refractivity contribution in [2.45, 2.75) is 18.0 Å². The van der Waals surface area contributed by atoms with Crippen molar-refractivity contribution in [2.24, 2.45) is 0 Å². The summed E-state index contributed by atoms with van der Waals surface area (Å²) in [5.74, 6) is -0.837. The molecule has 0 spiro atoms. The van der Waals surface area contributed by atoms with Gasteiger partial charge in [-0.15, -0.1) is 4.83 Å². The highest BCUT2D eigenvalue weighted by Crippen LogP contribution is 2.35. The zero-order valence-electron chi connectivity index (χ0n) is 15.4. The van der Waals surface area contributed by atoms with Crippen molar-refractivity contribution in [2.75, 3.05) is 31.2 Å². The van der Waals surface area contributed by atoms with Crippen molar-refractivity contribution in [1.29, 1.82) is 0 Å². The van der Waals surface area contributed by atoms with Crippen molar-refractivity contribution in [3.63, 3.8) is 0 Å². The van der Waals surface area contributed by atoms with Crippen LogP contribution in [0.15, 0.2) is 23.1 Å². The molecular formula is C16H16ClF3N4O4S2. The number of benzene rings is 1. The summed E-state index contributed by atoms with van der Waals surface area (Å²) in [5.41, 5.74) is 0.856. The number of ether oxygens (including phenoxy) is 1. The highest BCUT2D eigenvalue weighted by Gasteiger charge is 2.37. The first-order valence-electron chi connectivity index (χ1n) is 8.48. The van der Waals surface area contributed by atoms with Gasteiger partial charge in [0.2, 0.25) is 0 Å². The van der Waals surface area contributed by atoms with Crippen LogP contribution in [-0.4, -0.2) is 45.6 Å². The summed E-state index contributed by atoms with van der Waals surface area (Å²) < 4.78 is 69.6. The highest BCUT2D eigenvalue weighted by atomic mass is 35.5. The van der Waals surface area contributed by atoms with Gasteiger partial charge < -0.3 is 9.64 Å². The van der Waals surface area contributed by atoms with E-state index in [1.165, 1.54) is 0 Å². The van der Waals surface area contributed by atoms with Gasteiger partial charge in [-0.1, -0.05) is 22.9 Å². The van der Waals surface area contributed by atoms with Crippen LogP contribution in [0.3, 0.4) is 0 Å². The van der Waals surface area contributed by atoms with Crippen LogP contribution in [-0.2, 0) is 20.9 Å². The van der Waals surface area contributed by atoms with Gasteiger partial charge in [0, 0.05) is 18.1 Å². The number of sulfonamides is 1. The summed E-state index contributed by atoms with van der Waals surface area (Å²) in [7, 11) is -4.72. The highest BCUT2D eigenvalue weighted by molar-refractivity contribution is 7.89. The average Bonchev–Trinajstić information content (AvgIpc) is 3.08. The fraction of sp³-hybridized carbons (Fsp3) is 0.375. The molecule has 1 aromatic carbocycles. The fourth-order valence-electron chi connectivity index (χ4n) is 2.67. The Morgan fingerprint density at radius 3 is 2.60 bits per heavy atom. The van der Waals surface area contributed by atoms with Crippen LogP contribution in [0.5, 0.6) is 0 Å². The van der Waals surface area contributed by atoms with Gasteiger partial charge >= 0.3 is 6.18 Å². The summed E-state index contributed by atoms with van der Waals surface area (Å²) in [5, 5.41) is 0.294. The van der Waals surface area contributed by atoms with Crippen molar-refractivity contribution in [1.82, 2.24) is 15.2 Å². The number of nitrogens with zero attached hydrogens (tertiary/aromatic N) is 2. The Balaban J connectivity index is 1.77. The van der Waals surface area contributed by atoms with Gasteiger partial charge in [0.25, 0.3) is 15.9 Å². The molecule has 30 heavy (non-hydrogen) atoms. The maximum atomic E-state index is 13.2. The van der Waals surface area contributed by atoms with Crippen LogP contribution in [0.2, 0.25) is 5.02 Å². The Kier molecular flexibility index (Phi) is 6.57. The summed E-state index contributed by atoms with van der Waals surface area (Å²) in [6.07, 6.45) is -4.96. The molecular weight excluding hydrogens is 469 g/mol. The van der Waals surface area contributed by atoms with Crippen LogP contribution in [0.1, 0.15) is 20.9 Å². The second kappa shape index (κ2) is 8.67. The number of anilines is 1. The van der Waals surface area contributed by atoms with Gasteiger partial charge in [0.1, 0.15) is 4.88 Å². The van der Waals surface area contributed by atoms with Gasteiger partial charge in [-0.25, -0.2) is 13.4 Å². The molecule has 164 valence electrons. The summed E-state index contributed by atoms with van der Waals surface area (Å²) in [6, 6.07) is 2.23. The molecule has 14 heteroatoms. The van der Waals surface area contributed by atoms with Crippen LogP contribution < -0.4 is 15.2 Å². The molecule has 0 unspecified atom stereocenters. The minimum atomic E-state index is -4.96. The Morgan fingerprint density at radius 1 is 1.30 bits per heavy atom. The molecule has 1 aliphatic rings. The Bertz CT molecular complexity index is 1050. The summed E-state index contributed by atoms with van der Waals surface area (Å²) in [6.45, 7) is 3.80. The fourth-order valence-corrected chi connectivity index (χ4v) is 4.90. The SMILES string of the molecule is Cc1nc(N2CCOCC2)sc1C(=O)NNS(=O)(=O)c1ccc(Cl)cc1C(F)(F)F. The maximum Gasteiger partial charge on any atom is 0.417 e. The third-order valence-electron chi connectivity index (χ3n) is 4.11. The van der Waals surface area contributed by atoms with E-state index >= 15 is 0 Å². The van der Waals surface area contributed by atoms with E-state index in [2.05, 4.69) is 4.98 Å². The third kappa shape index (κ3) is 5.03. The largest absolute Gasteiger partial charge is 0.417 e. The van der Waals surface area contributed by atoms with Crippen LogP contribution in [0, 0.1) is 6.92 Å². The predicted octanol–water partition coefficient (Wildman–Crippen LogP) is 2.58. The molecule has 1 aromatic heterocycles. The smallest absolute Gasteiger partial charge is 0.378 e. The quantitative estimate of drug-likeness (QED) is 0.633. The number of aromatic nitrogens is 1. The Hall–Kier alpha value is -1.93. The van der Waals surface area contributed by atoms with E-state index < -0.39 is 32.6 Å². The van der Waals surface area contributed by atoms with Gasteiger partial charge in [-0.05, 0) is 25.1 Å². The number of hydrogen-bond acceptors (Lipinski definition) is 7. The second-order valence-corrected chi connectivity index (χ2v) is 9.27. The number of hydrogen-bond donors (Lipinski definition) is 2. The first-order chi connectivity index (χ1) is 14.0. The van der Waals surface area contributed by atoms with Crippen LogP contribution in [0.25, 0.3) is 0 Å². The second-order valence-electron chi connectivity index (χ2n) is 6.21. The molecule has 1 saturated heterocycles. The van der Waals surface area contributed by atoms with Gasteiger partial charge in [-0.2, -0.15) is 13.2 Å². The summed E-state index contributed by atoms with van der Waals surface area (Å²) >= 11 is 6.61. The van der Waals surface area contributed by atoms with Gasteiger partial charge in [0.15, 0.2) is 5.13 Å². The lowest BCUT2D eigenvalue weighted by Gasteiger charge is -2.25. The zero-order valence-corrected chi connectivity index (χ0v) is 17.8. The topological polar surface area (TPSA) is 101 Å². The normalized spacial score (nSPS) is 15.3. The minimum Gasteiger partial charge on any atom is -0.378 e. The molecule has 8 nitrogen and oxygen atoms in total. The number of nitrogens with one attached hydrogen (secondary N) is 2. The third-order valence-corrected chi connectivity index (χ3v) is 6.87. The molecule has 2 aromatic rings. The number of carbonyl (C=O) groups is 1. The molecule has 1 amide bonds. The number of carbonyl (C=O) groups excluding carboxylic acids is 1. The van der Waals surface area contributed by atoms with Crippen molar-refractivity contribution < 1.29 is 31.1 Å². The monoisotopic (exact) mass is 484 g/mol. The van der Waals surface area contributed by atoms with E-state index in [4.69, 9.17) is 16.3 Å². The molecule has 1 aliphatic heterocycles. The molecule has 0 saturated carbocycles. The molecule has 0 atom stereocenters. The molecule has 0 radical (unpaired) electrons. The first-order valence-corrected chi connectivity index (χ1v) is 11.2. The van der Waals surface area contributed by atoms with Crippen molar-refractivity contribution in [3.05, 3.63) is 39.4 Å². The molecule has 1 fully saturated rings. The molecule has 0 bridgehead atoms. The number of hydrazine groups is 1. The van der Waals surface area contributed by atoms with E-state index in [-0.39, 0.29) is 9.90 Å². The Labute approximate surface area is 179 Å². The number of amides is 1. The minimum absolute atomic E-state index is 0.131. The predicted molar refractivity (Wildman–Crippen MR) is 104 cm³/mol. The standard InChI is InChI=1S/C16H16ClF3N4O4S2/c1-9-13(29-15(21-9)24-4-6-28-7-5-24)14(25)22-23-30(26,27)12-3-2-10(17)8-11(12)16(18,19)20/h2-3,8,23H,4-7H2,1H3,(H,22,25). The maximum absolute atomic E-state index is 13.2. The molecule has 3 rings (SSSR count). The molecule has 2 heterocycles. The van der Waals surface area contributed by atoms with E-state index in [1.54, 1.807) is 11.8 Å². The zero-order chi connectivity index (χ0) is 22.1. The van der Waals surface area contributed by atoms with Crippen LogP contribution >= 0.6 is 22.9 Å². The number of aryl methyl sites for hydroxylation is 1. The lowest BCUT2D eigenvalue weighted by molar-refractivity contribution is -0.139. The molecule has 0 aliphatic carbocycles. The number of alkyl halides is 3. The van der Waals surface area contributed by atoms with Crippen molar-refractivity contribution >= 4 is 44.0 Å². The number of morpholine rings is 1. The summed E-state index contributed by atoms with van der Waals surface area (Å²) in [4.78, 5) is 19.4. The first kappa shape index (κ1) is 22.7.